The van der Waals surface area contributed by atoms with Crippen LogP contribution < -0.4 is 4.74 Å². The molecule has 0 spiro atoms. The van der Waals surface area contributed by atoms with E-state index in [0.29, 0.717) is 0 Å². The van der Waals surface area contributed by atoms with Gasteiger partial charge < -0.3 is 0 Å². The fourth-order valence-corrected chi connectivity index (χ4v) is 18.3. The molecule has 0 bridgehead atoms. The minimum atomic E-state index is -7.68. The standard InChI is InChI=1S/C40H27F18IO7S3/c1-24-10-6-8-14-31(24)67(32-15-9-7-11-25(32)2,66-69(62,63)40(57,58)36(47,48)34(43,44)38(52,53)54)30-22-20-29(21-23-30)64-28-18-16-27(17-19-28)59(26-12-4-3-5-13-26)65-68(60,61)39(55,56)35(45,46)33(41,42)37(49,50)51/h3-23H,1-2H3. The molecule has 0 aromatic heterocycles. The Balaban J connectivity index is 1.58. The van der Waals surface area contributed by atoms with Gasteiger partial charge in [-0.1, -0.05) is 36.4 Å². The monoisotopic (exact) mass is 1180 g/mol. The average molecular weight is 1180 g/mol. The fraction of sp³-hybridized carbons (Fsp3) is 0.250. The zero-order valence-electron chi connectivity index (χ0n) is 33.9. The number of alkyl halides is 18. The van der Waals surface area contributed by atoms with Crippen LogP contribution in [0.1, 0.15) is 11.1 Å². The van der Waals surface area contributed by atoms with Crippen LogP contribution in [0.15, 0.2) is 142 Å². The van der Waals surface area contributed by atoms with Gasteiger partial charge in [-0.25, -0.2) is 0 Å². The Morgan fingerprint density at radius 3 is 1.14 bits per heavy atom. The van der Waals surface area contributed by atoms with Gasteiger partial charge in [0.05, 0.1) is 0 Å². The Bertz CT molecular complexity index is 2820. The summed E-state index contributed by atoms with van der Waals surface area (Å²) in [6.45, 7) is 2.52. The Kier molecular flexibility index (Phi) is 15.0. The molecule has 0 fully saturated rings. The van der Waals surface area contributed by atoms with Gasteiger partial charge in [-0.15, -0.1) is 0 Å². The molecular weight excluding hydrogens is 1160 g/mol. The van der Waals surface area contributed by atoms with E-state index in [-0.39, 0.29) is 36.0 Å². The smallest absolute Gasteiger partial charge is 0.0619 e. The van der Waals surface area contributed by atoms with Crippen molar-refractivity contribution in [2.45, 2.75) is 75.1 Å². The topological polar surface area (TPSA) is 96.0 Å². The maximum absolute atomic E-state index is 15.4. The van der Waals surface area contributed by atoms with Gasteiger partial charge in [-0.2, -0.15) is 47.9 Å². The average Bonchev–Trinajstić information content (AvgIpc) is 3.25. The second-order valence-corrected chi connectivity index (χ2v) is 25.0. The first-order valence-electron chi connectivity index (χ1n) is 18.2. The van der Waals surface area contributed by atoms with Crippen molar-refractivity contribution >= 4 is 50.8 Å². The molecule has 0 atom stereocenters. The van der Waals surface area contributed by atoms with E-state index in [9.17, 15) is 87.1 Å². The molecule has 0 saturated heterocycles. The van der Waals surface area contributed by atoms with Crippen molar-refractivity contribution in [1.29, 1.82) is 0 Å². The summed E-state index contributed by atoms with van der Waals surface area (Å²) in [5.41, 5.74) is -0.0123. The summed E-state index contributed by atoms with van der Waals surface area (Å²) < 4.78 is 317. The molecule has 0 aliphatic heterocycles. The molecule has 0 unspecified atom stereocenters. The molecule has 29 heteroatoms. The number of hydrogen-bond acceptors (Lipinski definition) is 7. The zero-order valence-corrected chi connectivity index (χ0v) is 38.5. The molecule has 0 aliphatic carbocycles. The van der Waals surface area contributed by atoms with Crippen LogP contribution in [0.4, 0.5) is 79.0 Å². The Morgan fingerprint density at radius 2 is 0.754 bits per heavy atom. The van der Waals surface area contributed by atoms with Gasteiger partial charge in [0, 0.05) is 0 Å². The van der Waals surface area contributed by atoms with Crippen molar-refractivity contribution in [3.8, 4) is 11.5 Å². The molecule has 5 aromatic carbocycles. The first-order chi connectivity index (χ1) is 31.4. The summed E-state index contributed by atoms with van der Waals surface area (Å²) in [4.78, 5) is -1.25. The molecule has 0 amide bonds. The predicted molar refractivity (Wildman–Crippen MR) is 217 cm³/mol. The molecule has 69 heavy (non-hydrogen) atoms. The first-order valence-corrected chi connectivity index (χ1v) is 25.7. The van der Waals surface area contributed by atoms with Crippen LogP contribution in [-0.4, -0.2) is 63.4 Å². The van der Waals surface area contributed by atoms with Crippen molar-refractivity contribution in [1.82, 2.24) is 0 Å². The van der Waals surface area contributed by atoms with Crippen LogP contribution in [0.25, 0.3) is 0 Å². The number of benzene rings is 5. The molecule has 0 aliphatic rings. The number of aryl methyl sites for hydroxylation is 2. The van der Waals surface area contributed by atoms with E-state index < -0.39 is 106 Å². The predicted octanol–water partition coefficient (Wildman–Crippen LogP) is 14.3. The van der Waals surface area contributed by atoms with Crippen molar-refractivity contribution in [2.24, 2.45) is 0 Å². The van der Waals surface area contributed by atoms with Crippen LogP contribution in [0, 0.1) is 21.0 Å². The Hall–Kier alpha value is -4.46. The van der Waals surface area contributed by atoms with Crippen molar-refractivity contribution < 1.29 is 107 Å². The minimum Gasteiger partial charge on any atom is -0.0619 e. The van der Waals surface area contributed by atoms with Gasteiger partial charge in [0.2, 0.25) is 0 Å². The zero-order chi connectivity index (χ0) is 52.2. The summed E-state index contributed by atoms with van der Waals surface area (Å²) in [6, 6.07) is 22.8. The molecule has 0 heterocycles. The summed E-state index contributed by atoms with van der Waals surface area (Å²) >= 11 is -4.59. The number of rotatable bonds is 17. The summed E-state index contributed by atoms with van der Waals surface area (Å²) in [5.74, 6) is -31.1. The third-order valence-corrected chi connectivity index (χ3v) is 22.2. The maximum atomic E-state index is 15.4. The molecule has 380 valence electrons. The van der Waals surface area contributed by atoms with E-state index in [1.54, 1.807) is 0 Å². The third kappa shape index (κ3) is 9.57. The molecular formula is C40H27F18IO7S3. The summed E-state index contributed by atoms with van der Waals surface area (Å²) in [6.07, 6.45) is -14.8. The van der Waals surface area contributed by atoms with Gasteiger partial charge in [-0.3, -0.25) is 0 Å². The van der Waals surface area contributed by atoms with E-state index in [0.717, 1.165) is 72.8 Å². The van der Waals surface area contributed by atoms with Gasteiger partial charge >= 0.3 is 292 Å². The van der Waals surface area contributed by atoms with Crippen LogP contribution in [0.2, 0.25) is 0 Å². The SMILES string of the molecule is Cc1ccccc1S(OS(=O)(=O)C(F)(F)C(F)(F)C(F)(F)C(F)(F)F)(c1ccc(Oc2ccc(I(OS(=O)(=O)C(F)(F)C(F)(F)C(F)(F)C(F)(F)F)c3ccccc3)cc2)cc1)c1ccccc1C. The molecule has 0 radical (unpaired) electrons. The van der Waals surface area contributed by atoms with Crippen LogP contribution in [-0.2, 0) is 26.4 Å². The number of ether oxygens (including phenoxy) is 1. The van der Waals surface area contributed by atoms with Gasteiger partial charge in [-0.05, 0) is 13.8 Å². The van der Waals surface area contributed by atoms with Gasteiger partial charge in [0.15, 0.2) is 0 Å². The summed E-state index contributed by atoms with van der Waals surface area (Å²) in [7, 11) is -19.4. The quantitative estimate of drug-likeness (QED) is 0.0676. The van der Waals surface area contributed by atoms with Crippen LogP contribution in [0.3, 0.4) is 0 Å². The van der Waals surface area contributed by atoms with Crippen LogP contribution in [0.5, 0.6) is 11.5 Å². The normalized spacial score (nSPS) is 14.6. The second kappa shape index (κ2) is 18.6. The van der Waals surface area contributed by atoms with E-state index >= 15 is 8.78 Å². The number of hydrogen-bond donors (Lipinski definition) is 0. The van der Waals surface area contributed by atoms with Crippen molar-refractivity contribution in [3.63, 3.8) is 0 Å². The van der Waals surface area contributed by atoms with Gasteiger partial charge in [0.25, 0.3) is 0 Å². The van der Waals surface area contributed by atoms with Crippen LogP contribution >= 0.6 is 30.5 Å². The van der Waals surface area contributed by atoms with Gasteiger partial charge in [0.1, 0.15) is 0 Å². The van der Waals surface area contributed by atoms with E-state index in [1.165, 1.54) is 68.4 Å². The van der Waals surface area contributed by atoms with Crippen molar-refractivity contribution in [2.75, 3.05) is 0 Å². The molecule has 0 N–H and O–H groups in total. The van der Waals surface area contributed by atoms with Crippen molar-refractivity contribution in [3.05, 3.63) is 146 Å². The van der Waals surface area contributed by atoms with E-state index in [1.807, 2.05) is 0 Å². The fourth-order valence-electron chi connectivity index (χ4n) is 5.76. The minimum absolute atomic E-state index is 0.00617. The first kappa shape index (κ1) is 55.5. The number of halogens is 19. The molecule has 7 nitrogen and oxygen atoms in total. The molecule has 0 saturated carbocycles. The molecule has 5 aromatic rings. The van der Waals surface area contributed by atoms with E-state index in [4.69, 9.17) is 8.37 Å². The third-order valence-electron chi connectivity index (χ3n) is 9.34. The second-order valence-electron chi connectivity index (χ2n) is 14.0. The molecule has 5 rings (SSSR count). The Labute approximate surface area is 388 Å². The van der Waals surface area contributed by atoms with E-state index in [2.05, 4.69) is 2.51 Å². The Morgan fingerprint density at radius 1 is 0.406 bits per heavy atom. The summed E-state index contributed by atoms with van der Waals surface area (Å²) in [5, 5.41) is -14.5.